The van der Waals surface area contributed by atoms with Crippen LogP contribution in [0.5, 0.6) is 0 Å². The average Bonchev–Trinajstić information content (AvgIpc) is 2.81. The summed E-state index contributed by atoms with van der Waals surface area (Å²) < 4.78 is 4.62. The third-order valence-electron chi connectivity index (χ3n) is 3.61. The first-order valence-corrected chi connectivity index (χ1v) is 7.77. The Bertz CT molecular complexity index is 776. The van der Waals surface area contributed by atoms with Gasteiger partial charge in [-0.2, -0.15) is 0 Å². The van der Waals surface area contributed by atoms with Crippen molar-refractivity contribution in [3.63, 3.8) is 0 Å². The fourth-order valence-corrected chi connectivity index (χ4v) is 2.59. The molecule has 0 fully saturated rings. The molecule has 0 radical (unpaired) electrons. The number of nitrogens with two attached hydrogens (primary N) is 1. The number of nitrogens with zero attached hydrogens (tertiary/aromatic N) is 4. The smallest absolute Gasteiger partial charge is 0.324 e. The Hall–Kier alpha value is -1.89. The van der Waals surface area contributed by atoms with Crippen LogP contribution in [0, 0.1) is 0 Å². The summed E-state index contributed by atoms with van der Waals surface area (Å²) >= 11 is 0. The van der Waals surface area contributed by atoms with Crippen molar-refractivity contribution in [3.8, 4) is 0 Å². The van der Waals surface area contributed by atoms with Gasteiger partial charge in [-0.05, 0) is 27.2 Å². The van der Waals surface area contributed by atoms with Gasteiger partial charge in [-0.25, -0.2) is 9.78 Å². The van der Waals surface area contributed by atoms with Crippen molar-refractivity contribution in [3.05, 3.63) is 27.2 Å². The lowest BCUT2D eigenvalue weighted by atomic mass is 10.1. The zero-order valence-corrected chi connectivity index (χ0v) is 13.8. The van der Waals surface area contributed by atoms with Crippen LogP contribution >= 0.6 is 0 Å². The van der Waals surface area contributed by atoms with E-state index in [2.05, 4.69) is 11.9 Å². The van der Waals surface area contributed by atoms with Gasteiger partial charge in [0.15, 0.2) is 11.2 Å². The minimum absolute atomic E-state index is 0.286. The zero-order valence-electron chi connectivity index (χ0n) is 13.8. The molecule has 0 aliphatic carbocycles. The van der Waals surface area contributed by atoms with E-state index in [4.69, 9.17) is 5.73 Å². The minimum atomic E-state index is -0.471. The molecular formula is C15H25N5O2. The van der Waals surface area contributed by atoms with Gasteiger partial charge in [-0.15, -0.1) is 0 Å². The normalized spacial score (nSPS) is 12.2. The molecule has 7 heteroatoms. The third-order valence-corrected chi connectivity index (χ3v) is 3.61. The molecule has 22 heavy (non-hydrogen) atoms. The van der Waals surface area contributed by atoms with Crippen molar-refractivity contribution < 1.29 is 0 Å². The van der Waals surface area contributed by atoms with Gasteiger partial charge in [0.25, 0.3) is 5.56 Å². The maximum Gasteiger partial charge on any atom is 0.332 e. The summed E-state index contributed by atoms with van der Waals surface area (Å²) in [7, 11) is 0. The van der Waals surface area contributed by atoms with Crippen molar-refractivity contribution >= 4 is 11.2 Å². The van der Waals surface area contributed by atoms with E-state index >= 15 is 0 Å². The van der Waals surface area contributed by atoms with Gasteiger partial charge in [0.1, 0.15) is 0 Å². The van der Waals surface area contributed by atoms with Crippen LogP contribution in [0.4, 0.5) is 0 Å². The van der Waals surface area contributed by atoms with Crippen LogP contribution in [0.2, 0.25) is 0 Å². The molecule has 7 nitrogen and oxygen atoms in total. The zero-order chi connectivity index (χ0) is 16.5. The third kappa shape index (κ3) is 2.99. The summed E-state index contributed by atoms with van der Waals surface area (Å²) in [5.41, 5.74) is 5.92. The first-order chi connectivity index (χ1) is 10.3. The van der Waals surface area contributed by atoms with Gasteiger partial charge in [0, 0.05) is 25.2 Å². The highest BCUT2D eigenvalue weighted by Crippen LogP contribution is 2.11. The minimum Gasteiger partial charge on any atom is -0.324 e. The molecule has 0 unspecified atom stereocenters. The molecule has 2 aromatic heterocycles. The summed E-state index contributed by atoms with van der Waals surface area (Å²) in [6.45, 7) is 9.02. The molecule has 122 valence electrons. The van der Waals surface area contributed by atoms with Crippen LogP contribution in [0.15, 0.2) is 15.9 Å². The first-order valence-electron chi connectivity index (χ1n) is 7.77. The van der Waals surface area contributed by atoms with Crippen molar-refractivity contribution in [2.45, 2.75) is 65.7 Å². The molecule has 0 aliphatic rings. The van der Waals surface area contributed by atoms with E-state index in [1.165, 1.54) is 4.57 Å². The quantitative estimate of drug-likeness (QED) is 0.859. The van der Waals surface area contributed by atoms with Crippen molar-refractivity contribution in [1.82, 2.24) is 18.7 Å². The summed E-state index contributed by atoms with van der Waals surface area (Å²) in [4.78, 5) is 29.4. The van der Waals surface area contributed by atoms with E-state index in [1.807, 2.05) is 13.8 Å². The lowest BCUT2D eigenvalue weighted by molar-refractivity contribution is 0.439. The number of unbranched alkanes of at least 4 members (excludes halogenated alkanes) is 1. The number of fused-ring (bicyclic) bond motifs is 1. The highest BCUT2D eigenvalue weighted by molar-refractivity contribution is 5.70. The van der Waals surface area contributed by atoms with Crippen molar-refractivity contribution in [1.29, 1.82) is 0 Å². The summed E-state index contributed by atoms with van der Waals surface area (Å²) in [5.74, 6) is 0. The molecule has 2 heterocycles. The molecule has 0 amide bonds. The van der Waals surface area contributed by atoms with Gasteiger partial charge in [0.05, 0.1) is 6.33 Å². The Labute approximate surface area is 129 Å². The molecule has 2 N–H and O–H groups in total. The monoisotopic (exact) mass is 307 g/mol. The number of aromatic nitrogens is 4. The van der Waals surface area contributed by atoms with E-state index in [-0.39, 0.29) is 11.2 Å². The second-order valence-corrected chi connectivity index (χ2v) is 6.37. The maximum absolute atomic E-state index is 12.6. The Morgan fingerprint density at radius 1 is 1.23 bits per heavy atom. The lowest BCUT2D eigenvalue weighted by Crippen LogP contribution is -2.41. The summed E-state index contributed by atoms with van der Waals surface area (Å²) in [5, 5.41) is 0. The maximum atomic E-state index is 12.6. The second kappa shape index (κ2) is 6.08. The fourth-order valence-electron chi connectivity index (χ4n) is 2.59. The first kappa shape index (κ1) is 16.5. The Morgan fingerprint density at radius 3 is 2.45 bits per heavy atom. The number of aryl methyl sites for hydroxylation is 1. The van der Waals surface area contributed by atoms with Crippen LogP contribution in [0.3, 0.4) is 0 Å². The van der Waals surface area contributed by atoms with E-state index < -0.39 is 5.54 Å². The SMILES string of the molecule is CCCCn1c(=O)n(CC)c(=O)c2c1ncn2CC(C)(C)N. The average molecular weight is 307 g/mol. The van der Waals surface area contributed by atoms with Crippen LogP contribution < -0.4 is 17.0 Å². The molecule has 0 aliphatic heterocycles. The molecule has 2 aromatic rings. The number of rotatable bonds is 6. The second-order valence-electron chi connectivity index (χ2n) is 6.37. The van der Waals surface area contributed by atoms with Gasteiger partial charge in [0.2, 0.25) is 0 Å². The number of hydrogen-bond acceptors (Lipinski definition) is 4. The van der Waals surface area contributed by atoms with E-state index in [0.29, 0.717) is 30.8 Å². The van der Waals surface area contributed by atoms with Crippen LogP contribution in [0.1, 0.15) is 40.5 Å². The Balaban J connectivity index is 2.75. The molecule has 0 spiro atoms. The van der Waals surface area contributed by atoms with E-state index in [0.717, 1.165) is 12.8 Å². The van der Waals surface area contributed by atoms with E-state index in [9.17, 15) is 9.59 Å². The summed E-state index contributed by atoms with van der Waals surface area (Å²) in [6, 6.07) is 0. The summed E-state index contributed by atoms with van der Waals surface area (Å²) in [6.07, 6.45) is 3.43. The lowest BCUT2D eigenvalue weighted by Gasteiger charge is -2.19. The standard InChI is InChI=1S/C15H25N5O2/c1-5-7-8-20-12-11(13(21)19(6-2)14(20)22)18(10-17-12)9-15(3,4)16/h10H,5-9,16H2,1-4H3. The largest absolute Gasteiger partial charge is 0.332 e. The van der Waals surface area contributed by atoms with E-state index in [1.54, 1.807) is 22.4 Å². The molecular weight excluding hydrogens is 282 g/mol. The van der Waals surface area contributed by atoms with Crippen LogP contribution in [-0.4, -0.2) is 24.2 Å². The van der Waals surface area contributed by atoms with Crippen molar-refractivity contribution in [2.75, 3.05) is 0 Å². The molecule has 0 aromatic carbocycles. The molecule has 0 saturated carbocycles. The number of imidazole rings is 1. The highest BCUT2D eigenvalue weighted by Gasteiger charge is 2.20. The van der Waals surface area contributed by atoms with Gasteiger partial charge < -0.3 is 10.3 Å². The fraction of sp³-hybridized carbons (Fsp3) is 0.667. The van der Waals surface area contributed by atoms with Crippen LogP contribution in [-0.2, 0) is 19.6 Å². The Morgan fingerprint density at radius 2 is 1.91 bits per heavy atom. The molecule has 0 atom stereocenters. The Kier molecular flexibility index (Phi) is 4.55. The van der Waals surface area contributed by atoms with Gasteiger partial charge >= 0.3 is 5.69 Å². The highest BCUT2D eigenvalue weighted by atomic mass is 16.2. The topological polar surface area (TPSA) is 87.8 Å². The van der Waals surface area contributed by atoms with Gasteiger partial charge in [-0.1, -0.05) is 13.3 Å². The predicted molar refractivity (Wildman–Crippen MR) is 87.1 cm³/mol. The molecule has 0 bridgehead atoms. The van der Waals surface area contributed by atoms with Gasteiger partial charge in [-0.3, -0.25) is 13.9 Å². The molecule has 2 rings (SSSR count). The number of hydrogen-bond donors (Lipinski definition) is 1. The van der Waals surface area contributed by atoms with Crippen LogP contribution in [0.25, 0.3) is 11.2 Å². The molecule has 0 saturated heterocycles. The predicted octanol–water partition coefficient (Wildman–Crippen LogP) is 0.917. The van der Waals surface area contributed by atoms with Crippen molar-refractivity contribution in [2.24, 2.45) is 5.73 Å².